The molecule has 2 aliphatic heterocycles. The van der Waals surface area contributed by atoms with Crippen LogP contribution < -0.4 is 20.3 Å². The highest BCUT2D eigenvalue weighted by Gasteiger charge is 2.25. The second kappa shape index (κ2) is 8.46. The number of carbonyl (C=O) groups excluding carboxylic acids is 2. The van der Waals surface area contributed by atoms with Crippen LogP contribution >= 0.6 is 0 Å². The Kier molecular flexibility index (Phi) is 6.05. The van der Waals surface area contributed by atoms with E-state index in [1.54, 1.807) is 18.3 Å². The highest BCUT2D eigenvalue weighted by atomic mass is 16.5. The van der Waals surface area contributed by atoms with E-state index in [0.29, 0.717) is 43.2 Å². The number of piperazine rings is 1. The summed E-state index contributed by atoms with van der Waals surface area (Å²) in [6.07, 6.45) is 2.84. The summed E-state index contributed by atoms with van der Waals surface area (Å²) in [5, 5.41) is 5.74. The average molecular weight is 361 g/mol. The van der Waals surface area contributed by atoms with Gasteiger partial charge in [-0.15, -0.1) is 0 Å². The fraction of sp³-hybridized carbons (Fsp3) is 0.611. The molecule has 0 aliphatic carbocycles. The van der Waals surface area contributed by atoms with Crippen molar-refractivity contribution in [2.75, 3.05) is 37.7 Å². The lowest BCUT2D eigenvalue weighted by Crippen LogP contribution is -2.55. The summed E-state index contributed by atoms with van der Waals surface area (Å²) < 4.78 is 5.73. The first-order valence-electron chi connectivity index (χ1n) is 9.21. The minimum absolute atomic E-state index is 0.243. The van der Waals surface area contributed by atoms with Gasteiger partial charge in [0.15, 0.2) is 0 Å². The molecule has 1 aromatic heterocycles. The molecule has 2 saturated heterocycles. The van der Waals surface area contributed by atoms with Crippen LogP contribution in [0.15, 0.2) is 18.3 Å². The van der Waals surface area contributed by atoms with E-state index < -0.39 is 6.03 Å². The zero-order valence-corrected chi connectivity index (χ0v) is 15.4. The summed E-state index contributed by atoms with van der Waals surface area (Å²) >= 11 is 0. The van der Waals surface area contributed by atoms with Crippen LogP contribution in [0.5, 0.6) is 5.88 Å². The normalized spacial score (nSPS) is 24.5. The van der Waals surface area contributed by atoms with Crippen molar-refractivity contribution in [3.63, 3.8) is 0 Å². The molecule has 1 aromatic rings. The van der Waals surface area contributed by atoms with E-state index in [1.165, 1.54) is 4.90 Å². The standard InChI is InChI=1S/C18H27N5O3/c1-13-10-19-11-14(2)22(13)7-3-9-26-17-5-4-15(12-20-17)23-8-6-16(24)21-18(23)25/h4-5,12-14,19H,3,6-11H2,1-2H3,(H,21,24,25)/t13-,14+. The number of aromatic nitrogens is 1. The third-order valence-corrected chi connectivity index (χ3v) is 4.91. The Morgan fingerprint density at radius 3 is 2.65 bits per heavy atom. The number of hydrogen-bond donors (Lipinski definition) is 2. The minimum Gasteiger partial charge on any atom is -0.478 e. The SMILES string of the molecule is C[C@@H]1CNC[C@H](C)N1CCCOc1ccc(N2CCC(=O)NC2=O)cn1. The van der Waals surface area contributed by atoms with Gasteiger partial charge in [0, 0.05) is 50.7 Å². The molecule has 2 fully saturated rings. The van der Waals surface area contributed by atoms with Crippen molar-refractivity contribution in [2.45, 2.75) is 38.8 Å². The number of ether oxygens (including phenoxy) is 1. The van der Waals surface area contributed by atoms with Crippen molar-refractivity contribution in [1.29, 1.82) is 0 Å². The van der Waals surface area contributed by atoms with Crippen molar-refractivity contribution in [3.05, 3.63) is 18.3 Å². The van der Waals surface area contributed by atoms with Gasteiger partial charge in [0.05, 0.1) is 18.5 Å². The van der Waals surface area contributed by atoms with Gasteiger partial charge in [-0.1, -0.05) is 0 Å². The van der Waals surface area contributed by atoms with E-state index >= 15 is 0 Å². The van der Waals surface area contributed by atoms with Crippen LogP contribution in [0.2, 0.25) is 0 Å². The van der Waals surface area contributed by atoms with Gasteiger partial charge in [0.2, 0.25) is 11.8 Å². The summed E-state index contributed by atoms with van der Waals surface area (Å²) in [5.41, 5.74) is 0.658. The second-order valence-corrected chi connectivity index (χ2v) is 6.91. The monoisotopic (exact) mass is 361 g/mol. The maximum Gasteiger partial charge on any atom is 0.328 e. The van der Waals surface area contributed by atoms with Crippen molar-refractivity contribution in [1.82, 2.24) is 20.5 Å². The van der Waals surface area contributed by atoms with E-state index in [9.17, 15) is 9.59 Å². The number of rotatable bonds is 6. The minimum atomic E-state index is -0.407. The van der Waals surface area contributed by atoms with Gasteiger partial charge in [-0.3, -0.25) is 19.9 Å². The highest BCUT2D eigenvalue weighted by molar-refractivity contribution is 6.05. The Hall–Kier alpha value is -2.19. The Morgan fingerprint density at radius 1 is 1.23 bits per heavy atom. The molecule has 0 saturated carbocycles. The van der Waals surface area contributed by atoms with Crippen LogP contribution in [-0.4, -0.2) is 66.7 Å². The molecule has 8 heteroatoms. The number of anilines is 1. The maximum absolute atomic E-state index is 11.8. The number of amides is 3. The van der Waals surface area contributed by atoms with E-state index in [-0.39, 0.29) is 5.91 Å². The number of nitrogens with zero attached hydrogens (tertiary/aromatic N) is 3. The molecule has 2 N–H and O–H groups in total. The first-order valence-corrected chi connectivity index (χ1v) is 9.21. The van der Waals surface area contributed by atoms with E-state index in [2.05, 4.69) is 34.4 Å². The third-order valence-electron chi connectivity index (χ3n) is 4.91. The summed E-state index contributed by atoms with van der Waals surface area (Å²) in [7, 11) is 0. The van der Waals surface area contributed by atoms with Crippen molar-refractivity contribution < 1.29 is 14.3 Å². The van der Waals surface area contributed by atoms with Crippen LogP contribution in [0.1, 0.15) is 26.7 Å². The van der Waals surface area contributed by atoms with Gasteiger partial charge in [0.25, 0.3) is 0 Å². The van der Waals surface area contributed by atoms with Crippen LogP contribution in [0, 0.1) is 0 Å². The fourth-order valence-corrected chi connectivity index (χ4v) is 3.46. The molecule has 0 spiro atoms. The van der Waals surface area contributed by atoms with Crippen molar-refractivity contribution in [2.24, 2.45) is 0 Å². The van der Waals surface area contributed by atoms with Crippen LogP contribution in [0.25, 0.3) is 0 Å². The molecule has 2 atom stereocenters. The van der Waals surface area contributed by atoms with Crippen LogP contribution in [-0.2, 0) is 4.79 Å². The van der Waals surface area contributed by atoms with Crippen molar-refractivity contribution >= 4 is 17.6 Å². The van der Waals surface area contributed by atoms with E-state index in [4.69, 9.17) is 4.74 Å². The predicted molar refractivity (Wildman–Crippen MR) is 98.4 cm³/mol. The van der Waals surface area contributed by atoms with Crippen molar-refractivity contribution in [3.8, 4) is 5.88 Å². The molecule has 0 radical (unpaired) electrons. The first-order chi connectivity index (χ1) is 12.5. The molecule has 3 amide bonds. The number of urea groups is 1. The topological polar surface area (TPSA) is 86.8 Å². The molecule has 2 aliphatic rings. The number of hydrogen-bond acceptors (Lipinski definition) is 6. The Morgan fingerprint density at radius 2 is 2.00 bits per heavy atom. The van der Waals surface area contributed by atoms with Gasteiger partial charge >= 0.3 is 6.03 Å². The number of imide groups is 1. The average Bonchev–Trinajstić information content (AvgIpc) is 2.61. The first kappa shape index (κ1) is 18.6. The predicted octanol–water partition coefficient (Wildman–Crippen LogP) is 0.979. The number of carbonyl (C=O) groups is 2. The Bertz CT molecular complexity index is 626. The van der Waals surface area contributed by atoms with Crippen LogP contribution in [0.3, 0.4) is 0 Å². The maximum atomic E-state index is 11.8. The second-order valence-electron chi connectivity index (χ2n) is 6.91. The van der Waals surface area contributed by atoms with Gasteiger partial charge in [0.1, 0.15) is 0 Å². The number of pyridine rings is 1. The molecule has 0 bridgehead atoms. The highest BCUT2D eigenvalue weighted by Crippen LogP contribution is 2.19. The van der Waals surface area contributed by atoms with Gasteiger partial charge in [-0.2, -0.15) is 0 Å². The molecule has 0 unspecified atom stereocenters. The summed E-state index contributed by atoms with van der Waals surface area (Å²) in [5.74, 6) is 0.302. The number of nitrogens with one attached hydrogen (secondary N) is 2. The Labute approximate surface area is 153 Å². The molecule has 3 rings (SSSR count). The molecule has 142 valence electrons. The van der Waals surface area contributed by atoms with Crippen LogP contribution in [0.4, 0.5) is 10.5 Å². The summed E-state index contributed by atoms with van der Waals surface area (Å²) in [6, 6.07) is 4.22. The quantitative estimate of drug-likeness (QED) is 0.735. The fourth-order valence-electron chi connectivity index (χ4n) is 3.46. The zero-order chi connectivity index (χ0) is 18.5. The summed E-state index contributed by atoms with van der Waals surface area (Å²) in [6.45, 7) is 8.53. The Balaban J connectivity index is 1.44. The molecule has 3 heterocycles. The van der Waals surface area contributed by atoms with E-state index in [1.807, 2.05) is 0 Å². The van der Waals surface area contributed by atoms with Gasteiger partial charge in [-0.05, 0) is 26.3 Å². The zero-order valence-electron chi connectivity index (χ0n) is 15.4. The summed E-state index contributed by atoms with van der Waals surface area (Å²) in [4.78, 5) is 31.3. The molecule has 0 aromatic carbocycles. The van der Waals surface area contributed by atoms with Gasteiger partial charge in [-0.25, -0.2) is 9.78 Å². The van der Waals surface area contributed by atoms with Gasteiger partial charge < -0.3 is 10.1 Å². The lowest BCUT2D eigenvalue weighted by Gasteiger charge is -2.39. The molecular weight excluding hydrogens is 334 g/mol. The molecule has 26 heavy (non-hydrogen) atoms. The largest absolute Gasteiger partial charge is 0.478 e. The molecule has 8 nitrogen and oxygen atoms in total. The lowest BCUT2D eigenvalue weighted by atomic mass is 10.1. The third kappa shape index (κ3) is 4.50. The lowest BCUT2D eigenvalue weighted by molar-refractivity contribution is -0.120. The van der Waals surface area contributed by atoms with E-state index in [0.717, 1.165) is 26.1 Å². The molecular formula is C18H27N5O3. The smallest absolute Gasteiger partial charge is 0.328 e.